The molecule has 0 amide bonds. The molecule has 22 heavy (non-hydrogen) atoms. The maximum Gasteiger partial charge on any atom is 0.363 e. The maximum absolute atomic E-state index is 12.1. The molecule has 3 rings (SSSR count). The van der Waals surface area contributed by atoms with E-state index >= 15 is 0 Å². The molecule has 1 aromatic carbocycles. The SMILES string of the molecule is CC(C)CN=Cc1c(O)oc(=O)c2c1c1ccccc1n2C. The lowest BCUT2D eigenvalue weighted by atomic mass is 10.1. The monoisotopic (exact) mass is 298 g/mol. The molecule has 0 aliphatic heterocycles. The number of aromatic hydroxyl groups is 1. The van der Waals surface area contributed by atoms with Crippen molar-refractivity contribution in [2.45, 2.75) is 13.8 Å². The molecule has 0 aliphatic carbocycles. The number of aryl methyl sites for hydroxylation is 1. The summed E-state index contributed by atoms with van der Waals surface area (Å²) in [6.07, 6.45) is 1.59. The zero-order valence-corrected chi connectivity index (χ0v) is 12.8. The highest BCUT2D eigenvalue weighted by atomic mass is 16.5. The molecule has 5 nitrogen and oxygen atoms in total. The van der Waals surface area contributed by atoms with Crippen molar-refractivity contribution in [3.05, 3.63) is 40.2 Å². The van der Waals surface area contributed by atoms with Gasteiger partial charge in [0.25, 0.3) is 5.95 Å². The Morgan fingerprint density at radius 3 is 2.82 bits per heavy atom. The van der Waals surface area contributed by atoms with Crippen molar-refractivity contribution in [2.24, 2.45) is 18.0 Å². The normalized spacial score (nSPS) is 12.2. The van der Waals surface area contributed by atoms with Gasteiger partial charge in [-0.15, -0.1) is 0 Å². The molecule has 2 aromatic heterocycles. The second-order valence-electron chi connectivity index (χ2n) is 5.80. The first kappa shape index (κ1) is 14.4. The van der Waals surface area contributed by atoms with Crippen LogP contribution in [0.2, 0.25) is 0 Å². The second kappa shape index (κ2) is 5.33. The Morgan fingerprint density at radius 2 is 2.09 bits per heavy atom. The Hall–Kier alpha value is -2.56. The van der Waals surface area contributed by atoms with Gasteiger partial charge in [-0.2, -0.15) is 0 Å². The van der Waals surface area contributed by atoms with Gasteiger partial charge in [0.1, 0.15) is 5.52 Å². The van der Waals surface area contributed by atoms with E-state index < -0.39 is 5.63 Å². The number of rotatable bonds is 3. The van der Waals surface area contributed by atoms with Gasteiger partial charge in [-0.05, 0) is 12.0 Å². The largest absolute Gasteiger partial charge is 0.480 e. The van der Waals surface area contributed by atoms with Crippen LogP contribution >= 0.6 is 0 Å². The van der Waals surface area contributed by atoms with E-state index in [1.165, 1.54) is 0 Å². The Balaban J connectivity index is 2.39. The van der Waals surface area contributed by atoms with E-state index in [9.17, 15) is 9.90 Å². The van der Waals surface area contributed by atoms with Crippen molar-refractivity contribution < 1.29 is 9.52 Å². The Bertz CT molecular complexity index is 932. The van der Waals surface area contributed by atoms with Crippen LogP contribution < -0.4 is 5.63 Å². The van der Waals surface area contributed by atoms with E-state index in [0.717, 1.165) is 10.9 Å². The van der Waals surface area contributed by atoms with Crippen molar-refractivity contribution in [3.8, 4) is 5.95 Å². The van der Waals surface area contributed by atoms with Gasteiger partial charge < -0.3 is 14.1 Å². The van der Waals surface area contributed by atoms with Gasteiger partial charge in [-0.3, -0.25) is 4.99 Å². The fourth-order valence-electron chi connectivity index (χ4n) is 2.68. The molecule has 114 valence electrons. The van der Waals surface area contributed by atoms with Gasteiger partial charge in [0, 0.05) is 36.1 Å². The first-order valence-corrected chi connectivity index (χ1v) is 7.23. The van der Waals surface area contributed by atoms with Crippen LogP contribution in [0.5, 0.6) is 5.95 Å². The fourth-order valence-corrected chi connectivity index (χ4v) is 2.68. The number of fused-ring (bicyclic) bond motifs is 3. The van der Waals surface area contributed by atoms with E-state index in [2.05, 4.69) is 18.8 Å². The van der Waals surface area contributed by atoms with Crippen molar-refractivity contribution in [2.75, 3.05) is 6.54 Å². The first-order chi connectivity index (χ1) is 10.5. The molecule has 1 N–H and O–H groups in total. The van der Waals surface area contributed by atoms with Gasteiger partial charge >= 0.3 is 5.63 Å². The van der Waals surface area contributed by atoms with Crippen molar-refractivity contribution in [1.82, 2.24) is 4.57 Å². The summed E-state index contributed by atoms with van der Waals surface area (Å²) in [5.74, 6) is 0.0264. The molecule has 3 aromatic rings. The van der Waals surface area contributed by atoms with Crippen LogP contribution in [-0.2, 0) is 7.05 Å². The van der Waals surface area contributed by atoms with Gasteiger partial charge in [0.05, 0.1) is 5.56 Å². The molecule has 0 saturated carbocycles. The number of hydrogen-bond donors (Lipinski definition) is 1. The van der Waals surface area contributed by atoms with Crippen LogP contribution in [0.25, 0.3) is 21.8 Å². The lowest BCUT2D eigenvalue weighted by molar-refractivity contribution is 0.312. The van der Waals surface area contributed by atoms with Crippen LogP contribution in [0.4, 0.5) is 0 Å². The molecule has 0 unspecified atom stereocenters. The summed E-state index contributed by atoms with van der Waals surface area (Å²) in [4.78, 5) is 16.5. The third-order valence-electron chi connectivity index (χ3n) is 3.68. The van der Waals surface area contributed by atoms with Crippen LogP contribution in [0, 0.1) is 5.92 Å². The Kier molecular flexibility index (Phi) is 3.48. The second-order valence-corrected chi connectivity index (χ2v) is 5.80. The van der Waals surface area contributed by atoms with E-state index in [4.69, 9.17) is 4.42 Å². The standard InChI is InChI=1S/C17H18N2O3/c1-10(2)8-18-9-12-14-11-6-4-5-7-13(11)19(3)15(14)17(21)22-16(12)20/h4-7,9-10,20H,8H2,1-3H3. The van der Waals surface area contributed by atoms with Crippen LogP contribution in [0.15, 0.2) is 38.5 Å². The molecule has 0 atom stereocenters. The molecule has 0 fully saturated rings. The molecular formula is C17H18N2O3. The third kappa shape index (κ3) is 2.19. The first-order valence-electron chi connectivity index (χ1n) is 7.23. The predicted molar refractivity (Wildman–Crippen MR) is 87.9 cm³/mol. The van der Waals surface area contributed by atoms with Gasteiger partial charge in [0.2, 0.25) is 0 Å². The van der Waals surface area contributed by atoms with Crippen LogP contribution in [-0.4, -0.2) is 22.4 Å². The van der Waals surface area contributed by atoms with Crippen LogP contribution in [0.3, 0.4) is 0 Å². The van der Waals surface area contributed by atoms with Gasteiger partial charge in [-0.25, -0.2) is 4.79 Å². The summed E-state index contributed by atoms with van der Waals surface area (Å²) < 4.78 is 6.76. The lowest BCUT2D eigenvalue weighted by Crippen LogP contribution is -2.05. The molecule has 0 saturated heterocycles. The minimum absolute atomic E-state index is 0.388. The van der Waals surface area contributed by atoms with Crippen LogP contribution in [0.1, 0.15) is 19.4 Å². The average Bonchev–Trinajstić information content (AvgIpc) is 2.77. The quantitative estimate of drug-likeness (QED) is 0.756. The number of aliphatic imine (C=N–C) groups is 1. The van der Waals surface area contributed by atoms with Gasteiger partial charge in [-0.1, -0.05) is 32.0 Å². The van der Waals surface area contributed by atoms with Gasteiger partial charge in [0.15, 0.2) is 0 Å². The number of nitrogens with zero attached hydrogens (tertiary/aromatic N) is 2. The maximum atomic E-state index is 12.1. The van der Waals surface area contributed by atoms with Crippen molar-refractivity contribution in [3.63, 3.8) is 0 Å². The summed E-state index contributed by atoms with van der Waals surface area (Å²) in [6, 6.07) is 7.68. The highest BCUT2D eigenvalue weighted by molar-refractivity contribution is 6.15. The fraction of sp³-hybridized carbons (Fsp3) is 0.294. The molecule has 0 radical (unpaired) electrons. The van der Waals surface area contributed by atoms with Crippen molar-refractivity contribution in [1.29, 1.82) is 0 Å². The summed E-state index contributed by atoms with van der Waals surface area (Å²) in [5.41, 5.74) is 1.25. The highest BCUT2D eigenvalue weighted by Crippen LogP contribution is 2.31. The molecule has 0 bridgehead atoms. The minimum atomic E-state index is -0.549. The van der Waals surface area contributed by atoms with E-state index in [1.54, 1.807) is 10.8 Å². The predicted octanol–water partition coefficient (Wildman–Crippen LogP) is 3.07. The van der Waals surface area contributed by atoms with E-state index in [1.807, 2.05) is 31.3 Å². The molecule has 2 heterocycles. The number of para-hydroxylation sites is 1. The number of benzene rings is 1. The third-order valence-corrected chi connectivity index (χ3v) is 3.68. The topological polar surface area (TPSA) is 67.7 Å². The molecular weight excluding hydrogens is 280 g/mol. The minimum Gasteiger partial charge on any atom is -0.480 e. The van der Waals surface area contributed by atoms with E-state index in [-0.39, 0.29) is 5.95 Å². The zero-order valence-electron chi connectivity index (χ0n) is 12.8. The summed E-state index contributed by atoms with van der Waals surface area (Å²) >= 11 is 0. The average molecular weight is 298 g/mol. The number of aromatic nitrogens is 1. The summed E-state index contributed by atoms with van der Waals surface area (Å²) in [7, 11) is 1.81. The Morgan fingerprint density at radius 1 is 1.36 bits per heavy atom. The van der Waals surface area contributed by atoms with E-state index in [0.29, 0.717) is 28.9 Å². The Labute approximate surface area is 127 Å². The summed E-state index contributed by atoms with van der Waals surface area (Å²) in [6.45, 7) is 4.77. The molecule has 0 aliphatic rings. The zero-order chi connectivity index (χ0) is 15.9. The summed E-state index contributed by atoms with van der Waals surface area (Å²) in [5, 5.41) is 11.6. The number of hydrogen-bond acceptors (Lipinski definition) is 4. The highest BCUT2D eigenvalue weighted by Gasteiger charge is 2.19. The smallest absolute Gasteiger partial charge is 0.363 e. The van der Waals surface area contributed by atoms with Crippen molar-refractivity contribution >= 4 is 28.0 Å². The molecule has 0 spiro atoms. The lowest BCUT2D eigenvalue weighted by Gasteiger charge is -2.02. The molecule has 5 heteroatoms.